The number of Topliss-reactive ketones (excluding diaryl/α,β-unsaturated/α-hetero) is 1. The number of anilines is 1. The summed E-state index contributed by atoms with van der Waals surface area (Å²) in [6.07, 6.45) is 7.56. The van der Waals surface area contributed by atoms with Crippen LogP contribution in [-0.4, -0.2) is 45.7 Å². The second-order valence-electron chi connectivity index (χ2n) is 9.85. The third kappa shape index (κ3) is 4.53. The number of aromatic nitrogens is 3. The smallest absolute Gasteiger partial charge is 0.228 e. The number of benzene rings is 2. The molecule has 0 radical (unpaired) electrons. The van der Waals surface area contributed by atoms with Crippen LogP contribution in [0.25, 0.3) is 28.1 Å². The zero-order valence-corrected chi connectivity index (χ0v) is 21.5. The Morgan fingerprint density at radius 2 is 1.95 bits per heavy atom. The average Bonchev–Trinajstić information content (AvgIpc) is 3.48. The van der Waals surface area contributed by atoms with Gasteiger partial charge in [-0.25, -0.2) is 4.98 Å². The molecule has 1 saturated heterocycles. The van der Waals surface area contributed by atoms with Crippen molar-refractivity contribution in [2.24, 2.45) is 7.05 Å². The number of carbonyl (C=O) groups is 2. The largest absolute Gasteiger partial charge is 0.381 e. The molecule has 0 bridgehead atoms. The number of ketones is 1. The molecule has 0 spiro atoms. The number of ether oxygens (including phenoxy) is 1. The van der Waals surface area contributed by atoms with Gasteiger partial charge in [0.1, 0.15) is 0 Å². The van der Waals surface area contributed by atoms with Gasteiger partial charge in [-0.3, -0.25) is 19.2 Å². The first-order chi connectivity index (χ1) is 18.5. The van der Waals surface area contributed by atoms with Crippen molar-refractivity contribution in [2.45, 2.75) is 32.4 Å². The highest BCUT2D eigenvalue weighted by atomic mass is 16.5. The van der Waals surface area contributed by atoms with E-state index < -0.39 is 0 Å². The van der Waals surface area contributed by atoms with Gasteiger partial charge in [0.05, 0.1) is 28.8 Å². The van der Waals surface area contributed by atoms with E-state index in [4.69, 9.17) is 9.72 Å². The highest BCUT2D eigenvalue weighted by Crippen LogP contribution is 2.36. The van der Waals surface area contributed by atoms with Crippen LogP contribution in [-0.2, 0) is 23.1 Å². The Bertz CT molecular complexity index is 1580. The van der Waals surface area contributed by atoms with Crippen LogP contribution in [0.1, 0.15) is 41.4 Å². The van der Waals surface area contributed by atoms with Crippen LogP contribution in [0.4, 0.5) is 5.69 Å². The fourth-order valence-corrected chi connectivity index (χ4v) is 5.28. The maximum atomic E-state index is 13.3. The summed E-state index contributed by atoms with van der Waals surface area (Å²) in [5.41, 5.74) is 5.94. The summed E-state index contributed by atoms with van der Waals surface area (Å²) in [6, 6.07) is 15.9. The van der Waals surface area contributed by atoms with E-state index in [1.807, 2.05) is 37.6 Å². The molecule has 0 saturated carbocycles. The third-order valence-corrected chi connectivity index (χ3v) is 7.19. The summed E-state index contributed by atoms with van der Waals surface area (Å²) < 4.78 is 7.24. The molecular formula is C30H29N5O3. The lowest BCUT2D eigenvalue weighted by Gasteiger charge is -2.23. The van der Waals surface area contributed by atoms with Gasteiger partial charge in [0.15, 0.2) is 0 Å². The lowest BCUT2D eigenvalue weighted by atomic mass is 10.00. The van der Waals surface area contributed by atoms with E-state index in [0.717, 1.165) is 54.6 Å². The van der Waals surface area contributed by atoms with Crippen molar-refractivity contribution >= 4 is 34.4 Å². The molecule has 1 N–H and O–H groups in total. The van der Waals surface area contributed by atoms with Crippen LogP contribution in [0, 0.1) is 0 Å². The Balaban J connectivity index is 1.42. The fraction of sp³-hybridized carbons (Fsp3) is 0.267. The summed E-state index contributed by atoms with van der Waals surface area (Å²) in [6.45, 7) is 3.84. The van der Waals surface area contributed by atoms with Crippen molar-refractivity contribution in [3.05, 3.63) is 83.4 Å². The van der Waals surface area contributed by atoms with Gasteiger partial charge < -0.3 is 10.1 Å². The van der Waals surface area contributed by atoms with E-state index in [9.17, 15) is 9.59 Å². The summed E-state index contributed by atoms with van der Waals surface area (Å²) in [4.78, 5) is 32.2. The number of carbonyl (C=O) groups excluding carboxylic acids is 2. The Morgan fingerprint density at radius 3 is 2.71 bits per heavy atom. The highest BCUT2D eigenvalue weighted by Gasteiger charge is 2.34. The maximum Gasteiger partial charge on any atom is 0.228 e. The number of allylic oxidation sites excluding steroid dienone is 1. The van der Waals surface area contributed by atoms with Gasteiger partial charge in [-0.2, -0.15) is 5.10 Å². The van der Waals surface area contributed by atoms with Crippen LogP contribution in [0.3, 0.4) is 0 Å². The van der Waals surface area contributed by atoms with Crippen molar-refractivity contribution in [3.63, 3.8) is 0 Å². The first-order valence-corrected chi connectivity index (χ1v) is 12.9. The molecule has 38 heavy (non-hydrogen) atoms. The molecule has 1 fully saturated rings. The Hall–Kier alpha value is -4.14. The summed E-state index contributed by atoms with van der Waals surface area (Å²) in [5, 5.41) is 9.04. The van der Waals surface area contributed by atoms with E-state index in [0.29, 0.717) is 28.7 Å². The maximum absolute atomic E-state index is 13.3. The minimum atomic E-state index is -0.218. The van der Waals surface area contributed by atoms with Gasteiger partial charge in [0.2, 0.25) is 11.7 Å². The summed E-state index contributed by atoms with van der Waals surface area (Å²) in [7, 11) is 1.89. The first kappa shape index (κ1) is 24.2. The fourth-order valence-electron chi connectivity index (χ4n) is 5.28. The number of pyridine rings is 1. The van der Waals surface area contributed by atoms with Crippen LogP contribution < -0.4 is 10.2 Å². The molecule has 8 nitrogen and oxygen atoms in total. The molecule has 6 rings (SSSR count). The minimum Gasteiger partial charge on any atom is -0.381 e. The molecule has 0 aliphatic carbocycles. The molecule has 4 aromatic rings. The highest BCUT2D eigenvalue weighted by molar-refractivity contribution is 6.26. The molecule has 0 atom stereocenters. The lowest BCUT2D eigenvalue weighted by Crippen LogP contribution is -2.34. The SMILES string of the molecule is CC(=O)N1/C(=C/c2cc(-c3cnn(C)c3)c3cc(CNC4CCOCC4)ccc3n2)C(=O)c2ccccc21. The number of rotatable bonds is 5. The topological polar surface area (TPSA) is 89.3 Å². The molecule has 2 aliphatic heterocycles. The molecule has 4 heterocycles. The zero-order chi connectivity index (χ0) is 26.2. The standard InChI is InChI=1S/C30H29N5O3/c1-19(36)35-28-6-4-3-5-24(28)30(37)29(35)15-23-14-25(21-17-32-34(2)18-21)26-13-20(7-8-27(26)33-23)16-31-22-9-11-38-12-10-22/h3-8,13-15,17-18,22,31H,9-12,16H2,1-2H3/b29-15+. The number of nitrogens with zero attached hydrogens (tertiary/aromatic N) is 4. The van der Waals surface area contributed by atoms with Gasteiger partial charge in [-0.1, -0.05) is 18.2 Å². The number of amides is 1. The molecule has 192 valence electrons. The quantitative estimate of drug-likeness (QED) is 0.400. The van der Waals surface area contributed by atoms with E-state index in [1.165, 1.54) is 17.4 Å². The van der Waals surface area contributed by atoms with E-state index >= 15 is 0 Å². The van der Waals surface area contributed by atoms with Gasteiger partial charge in [0, 0.05) is 62.5 Å². The number of aryl methyl sites for hydroxylation is 1. The number of nitrogens with one attached hydrogen (secondary N) is 1. The molecule has 2 aromatic heterocycles. The predicted octanol–water partition coefficient (Wildman–Crippen LogP) is 4.49. The van der Waals surface area contributed by atoms with Crippen molar-refractivity contribution < 1.29 is 14.3 Å². The van der Waals surface area contributed by atoms with Gasteiger partial charge in [-0.05, 0) is 60.4 Å². The minimum absolute atomic E-state index is 0.185. The predicted molar refractivity (Wildman–Crippen MR) is 147 cm³/mol. The van der Waals surface area contributed by atoms with E-state index in [2.05, 4.69) is 22.5 Å². The third-order valence-electron chi connectivity index (χ3n) is 7.19. The molecule has 0 unspecified atom stereocenters. The van der Waals surface area contributed by atoms with E-state index in [-0.39, 0.29) is 11.7 Å². The number of hydrogen-bond donors (Lipinski definition) is 1. The molecule has 2 aliphatic rings. The summed E-state index contributed by atoms with van der Waals surface area (Å²) >= 11 is 0. The summed E-state index contributed by atoms with van der Waals surface area (Å²) in [5.74, 6) is -0.403. The second kappa shape index (κ2) is 9.96. The van der Waals surface area contributed by atoms with Crippen molar-refractivity contribution in [1.29, 1.82) is 0 Å². The normalized spacial score (nSPS) is 16.9. The second-order valence-corrected chi connectivity index (χ2v) is 9.85. The number of para-hydroxylation sites is 1. The number of hydrogen-bond acceptors (Lipinski definition) is 6. The van der Waals surface area contributed by atoms with Crippen LogP contribution >= 0.6 is 0 Å². The van der Waals surface area contributed by atoms with E-state index in [1.54, 1.807) is 29.0 Å². The van der Waals surface area contributed by atoms with Gasteiger partial charge in [-0.15, -0.1) is 0 Å². The Labute approximate surface area is 220 Å². The Morgan fingerprint density at radius 1 is 1.13 bits per heavy atom. The molecule has 2 aromatic carbocycles. The lowest BCUT2D eigenvalue weighted by molar-refractivity contribution is -0.116. The average molecular weight is 508 g/mol. The monoisotopic (exact) mass is 507 g/mol. The van der Waals surface area contributed by atoms with Crippen molar-refractivity contribution in [1.82, 2.24) is 20.1 Å². The van der Waals surface area contributed by atoms with Crippen molar-refractivity contribution in [2.75, 3.05) is 18.1 Å². The first-order valence-electron chi connectivity index (χ1n) is 12.9. The Kier molecular flexibility index (Phi) is 6.35. The van der Waals surface area contributed by atoms with Crippen molar-refractivity contribution in [3.8, 4) is 11.1 Å². The van der Waals surface area contributed by atoms with Crippen LogP contribution in [0.5, 0.6) is 0 Å². The molecule has 8 heteroatoms. The van der Waals surface area contributed by atoms with Gasteiger partial charge in [0.25, 0.3) is 0 Å². The molecule has 1 amide bonds. The van der Waals surface area contributed by atoms with Gasteiger partial charge >= 0.3 is 0 Å². The molecular weight excluding hydrogens is 478 g/mol. The number of fused-ring (bicyclic) bond motifs is 2. The van der Waals surface area contributed by atoms with Crippen LogP contribution in [0.2, 0.25) is 0 Å². The van der Waals surface area contributed by atoms with Crippen LogP contribution in [0.15, 0.2) is 66.6 Å². The zero-order valence-electron chi connectivity index (χ0n) is 21.5.